The van der Waals surface area contributed by atoms with Gasteiger partial charge in [0.15, 0.2) is 11.6 Å². The number of halogens is 5. The second-order valence-electron chi connectivity index (χ2n) is 6.71. The number of nitrogens with one attached hydrogen (secondary N) is 3. The van der Waals surface area contributed by atoms with Gasteiger partial charge in [0.1, 0.15) is 12.4 Å². The number of hydrogen-bond donors (Lipinski definition) is 3. The van der Waals surface area contributed by atoms with Gasteiger partial charge in [-0.25, -0.2) is 27.8 Å². The molecule has 1 aromatic carbocycles. The van der Waals surface area contributed by atoms with Gasteiger partial charge in [0.2, 0.25) is 5.76 Å². The summed E-state index contributed by atoms with van der Waals surface area (Å²) in [6.45, 7) is 0.335. The van der Waals surface area contributed by atoms with E-state index in [2.05, 4.69) is 25.4 Å². The number of carbonyl (C=O) groups is 2. The van der Waals surface area contributed by atoms with Gasteiger partial charge >= 0.3 is 11.9 Å². The first kappa shape index (κ1) is 24.8. The van der Waals surface area contributed by atoms with Crippen LogP contribution in [0.2, 0.25) is 5.02 Å². The highest BCUT2D eigenvalue weighted by molar-refractivity contribution is 6.31. The number of aromatic nitrogens is 2. The molecular formula is C20H16ClF4N5O4. The summed E-state index contributed by atoms with van der Waals surface area (Å²) in [4.78, 5) is 27.6. The summed E-state index contributed by atoms with van der Waals surface area (Å²) in [5.41, 5.74) is 3.83. The Morgan fingerprint density at radius 1 is 1.18 bits per heavy atom. The molecule has 34 heavy (non-hydrogen) atoms. The number of hydrazine groups is 1. The molecule has 0 unspecified atom stereocenters. The third-order valence-electron chi connectivity index (χ3n) is 4.25. The molecule has 9 nitrogen and oxygen atoms in total. The fourth-order valence-corrected chi connectivity index (χ4v) is 3.00. The highest BCUT2D eigenvalue weighted by Gasteiger charge is 2.20. The summed E-state index contributed by atoms with van der Waals surface area (Å²) in [7, 11) is 0. The first-order chi connectivity index (χ1) is 16.2. The van der Waals surface area contributed by atoms with E-state index in [-0.39, 0.29) is 27.6 Å². The fraction of sp³-hybridized carbons (Fsp3) is 0.200. The van der Waals surface area contributed by atoms with Crippen LogP contribution in [0.15, 0.2) is 41.2 Å². The molecule has 0 bridgehead atoms. The molecule has 0 saturated carbocycles. The highest BCUT2D eigenvalue weighted by atomic mass is 35.5. The van der Waals surface area contributed by atoms with Gasteiger partial charge in [-0.1, -0.05) is 16.8 Å². The summed E-state index contributed by atoms with van der Waals surface area (Å²) >= 11 is 5.85. The van der Waals surface area contributed by atoms with Crippen LogP contribution in [0.4, 0.5) is 22.4 Å². The lowest BCUT2D eigenvalue weighted by Crippen LogP contribution is -2.47. The molecule has 0 radical (unpaired) electrons. The maximum atomic E-state index is 14.8. The molecule has 2 heterocycles. The minimum atomic E-state index is -2.86. The van der Waals surface area contributed by atoms with Gasteiger partial charge in [0.25, 0.3) is 6.43 Å². The quantitative estimate of drug-likeness (QED) is 0.332. The Kier molecular flexibility index (Phi) is 7.89. The van der Waals surface area contributed by atoms with E-state index in [0.29, 0.717) is 0 Å². The first-order valence-electron chi connectivity index (χ1n) is 9.49. The maximum Gasteiger partial charge on any atom is 0.334 e. The summed E-state index contributed by atoms with van der Waals surface area (Å²) in [5, 5.41) is 5.63. The van der Waals surface area contributed by atoms with Crippen LogP contribution < -0.4 is 20.9 Å². The Hall–Kier alpha value is -3.87. The van der Waals surface area contributed by atoms with Crippen molar-refractivity contribution < 1.29 is 36.4 Å². The third kappa shape index (κ3) is 6.13. The molecule has 3 aromatic rings. The normalized spacial score (nSPS) is 11.7. The average molecular weight is 502 g/mol. The summed E-state index contributed by atoms with van der Waals surface area (Å²) in [5.74, 6) is -3.35. The number of hydrogen-bond acceptors (Lipinski definition) is 6. The molecule has 0 saturated heterocycles. The van der Waals surface area contributed by atoms with E-state index in [0.717, 1.165) is 18.3 Å². The van der Waals surface area contributed by atoms with Crippen molar-refractivity contribution in [2.75, 3.05) is 6.61 Å². The Balaban J connectivity index is 1.72. The molecule has 1 atom stereocenters. The van der Waals surface area contributed by atoms with Crippen LogP contribution in [0.5, 0.6) is 5.75 Å². The van der Waals surface area contributed by atoms with Crippen molar-refractivity contribution in [3.8, 4) is 16.9 Å². The zero-order chi connectivity index (χ0) is 24.8. The second kappa shape index (κ2) is 10.8. The number of amides is 3. The van der Waals surface area contributed by atoms with Crippen molar-refractivity contribution in [1.82, 2.24) is 26.3 Å². The van der Waals surface area contributed by atoms with Crippen LogP contribution in [-0.2, 0) is 0 Å². The van der Waals surface area contributed by atoms with Crippen molar-refractivity contribution in [2.45, 2.75) is 19.4 Å². The van der Waals surface area contributed by atoms with Gasteiger partial charge in [-0.05, 0) is 25.1 Å². The van der Waals surface area contributed by atoms with Gasteiger partial charge in [0, 0.05) is 28.4 Å². The molecule has 2 aromatic heterocycles. The summed E-state index contributed by atoms with van der Waals surface area (Å²) in [6.07, 6.45) is -0.486. The minimum Gasteiger partial charge on any atom is -0.484 e. The lowest BCUT2D eigenvalue weighted by Gasteiger charge is -2.17. The van der Waals surface area contributed by atoms with E-state index in [9.17, 15) is 27.2 Å². The Labute approximate surface area is 194 Å². The highest BCUT2D eigenvalue weighted by Crippen LogP contribution is 2.36. The standard InChI is InChI=1S/C20H16ClF4N5O4/c1-9(28-20(32)30-29-19(31)15-2-3-27-34-15)17-13(22)4-10(7-26-17)12-5-11(21)6-14(23)18(12)33-8-16(24)25/h2-7,9,16H,8H2,1H3,(H,29,31)(H2,28,30,32)/t9-/m1/s1. The van der Waals surface area contributed by atoms with E-state index in [1.54, 1.807) is 0 Å². The van der Waals surface area contributed by atoms with Gasteiger partial charge in [-0.2, -0.15) is 0 Å². The number of carbonyl (C=O) groups excluding carboxylic acids is 2. The monoisotopic (exact) mass is 501 g/mol. The summed E-state index contributed by atoms with van der Waals surface area (Å²) < 4.78 is 63.5. The molecule has 0 aliphatic rings. The first-order valence-corrected chi connectivity index (χ1v) is 9.86. The second-order valence-corrected chi connectivity index (χ2v) is 7.14. The zero-order valence-electron chi connectivity index (χ0n) is 17.2. The number of ether oxygens (including phenoxy) is 1. The topological polar surface area (TPSA) is 118 Å². The van der Waals surface area contributed by atoms with Crippen molar-refractivity contribution in [2.24, 2.45) is 0 Å². The van der Waals surface area contributed by atoms with Crippen molar-refractivity contribution in [3.63, 3.8) is 0 Å². The molecular weight excluding hydrogens is 486 g/mol. The predicted molar refractivity (Wildman–Crippen MR) is 110 cm³/mol. The van der Waals surface area contributed by atoms with Crippen LogP contribution in [0.25, 0.3) is 11.1 Å². The van der Waals surface area contributed by atoms with E-state index < -0.39 is 48.4 Å². The van der Waals surface area contributed by atoms with E-state index in [4.69, 9.17) is 16.3 Å². The number of urea groups is 1. The molecule has 14 heteroatoms. The molecule has 0 aliphatic carbocycles. The third-order valence-corrected chi connectivity index (χ3v) is 4.47. The van der Waals surface area contributed by atoms with Gasteiger partial charge in [-0.15, -0.1) is 0 Å². The molecule has 3 N–H and O–H groups in total. The van der Waals surface area contributed by atoms with Crippen molar-refractivity contribution in [3.05, 3.63) is 64.8 Å². The van der Waals surface area contributed by atoms with Crippen LogP contribution >= 0.6 is 11.6 Å². The van der Waals surface area contributed by atoms with Crippen LogP contribution in [-0.4, -0.2) is 35.1 Å². The van der Waals surface area contributed by atoms with Gasteiger partial charge in [-0.3, -0.25) is 15.2 Å². The van der Waals surface area contributed by atoms with Crippen LogP contribution in [0.3, 0.4) is 0 Å². The Bertz CT molecular complexity index is 1180. The summed E-state index contributed by atoms with van der Waals surface area (Å²) in [6, 6.07) is 2.47. The van der Waals surface area contributed by atoms with E-state index in [1.165, 1.54) is 25.3 Å². The molecule has 0 fully saturated rings. The molecule has 3 amide bonds. The van der Waals surface area contributed by atoms with Crippen LogP contribution in [0, 0.1) is 11.6 Å². The number of rotatable bonds is 7. The Morgan fingerprint density at radius 2 is 1.94 bits per heavy atom. The van der Waals surface area contributed by atoms with E-state index >= 15 is 0 Å². The van der Waals surface area contributed by atoms with E-state index in [1.807, 2.05) is 5.43 Å². The van der Waals surface area contributed by atoms with Crippen molar-refractivity contribution >= 4 is 23.5 Å². The lowest BCUT2D eigenvalue weighted by molar-refractivity contribution is 0.0802. The van der Waals surface area contributed by atoms with Gasteiger partial charge in [0.05, 0.1) is 17.9 Å². The Morgan fingerprint density at radius 3 is 2.59 bits per heavy atom. The lowest BCUT2D eigenvalue weighted by atomic mass is 10.0. The average Bonchev–Trinajstić information content (AvgIpc) is 3.31. The molecule has 180 valence electrons. The zero-order valence-corrected chi connectivity index (χ0v) is 18.0. The molecule has 0 aliphatic heterocycles. The van der Waals surface area contributed by atoms with Gasteiger partial charge < -0.3 is 14.6 Å². The number of alkyl halides is 2. The van der Waals surface area contributed by atoms with Crippen LogP contribution in [0.1, 0.15) is 29.2 Å². The molecule has 3 rings (SSSR count). The van der Waals surface area contributed by atoms with Crippen molar-refractivity contribution in [1.29, 1.82) is 0 Å². The fourth-order valence-electron chi connectivity index (χ4n) is 2.79. The maximum absolute atomic E-state index is 14.8. The number of pyridine rings is 1. The smallest absolute Gasteiger partial charge is 0.334 e. The number of benzene rings is 1. The number of nitrogens with zero attached hydrogens (tertiary/aromatic N) is 2. The molecule has 0 spiro atoms. The largest absolute Gasteiger partial charge is 0.484 e. The minimum absolute atomic E-state index is 0.00267. The predicted octanol–water partition coefficient (Wildman–Crippen LogP) is 4.02. The SMILES string of the molecule is C[C@@H](NC(=O)NNC(=O)c1ccno1)c1ncc(-c2cc(Cl)cc(F)c2OCC(F)F)cc1F.